The van der Waals surface area contributed by atoms with E-state index in [9.17, 15) is 0 Å². The fraction of sp³-hybridized carbons (Fsp3) is 0.300. The number of fused-ring (bicyclic) bond motifs is 2. The van der Waals surface area contributed by atoms with E-state index in [2.05, 4.69) is 86.0 Å². The van der Waals surface area contributed by atoms with E-state index in [0.717, 1.165) is 17.7 Å². The van der Waals surface area contributed by atoms with Gasteiger partial charge in [-0.15, -0.1) is 0 Å². The molecular weight excluding hydrogens is 254 g/mol. The van der Waals surface area contributed by atoms with Gasteiger partial charge in [-0.2, -0.15) is 0 Å². The third-order valence-corrected chi connectivity index (χ3v) is 3.68. The fourth-order valence-corrected chi connectivity index (χ4v) is 2.58. The molecule has 0 fully saturated rings. The SMILES string of the molecule is C.CC(C)(C)N1Cc2ccccc2C#Cc2ccccc21. The van der Waals surface area contributed by atoms with E-state index in [-0.39, 0.29) is 13.0 Å². The Morgan fingerprint density at radius 3 is 2.14 bits per heavy atom. The van der Waals surface area contributed by atoms with Crippen LogP contribution < -0.4 is 4.90 Å². The van der Waals surface area contributed by atoms with Gasteiger partial charge in [0.2, 0.25) is 0 Å². The molecule has 0 saturated carbocycles. The Hall–Kier alpha value is -2.20. The quantitative estimate of drug-likeness (QED) is 0.623. The minimum atomic E-state index is 0. The molecule has 0 unspecified atom stereocenters. The predicted octanol–water partition coefficient (Wildman–Crippen LogP) is 4.84. The fourth-order valence-electron chi connectivity index (χ4n) is 2.58. The second kappa shape index (κ2) is 5.66. The van der Waals surface area contributed by atoms with Crippen LogP contribution in [0.4, 0.5) is 5.69 Å². The van der Waals surface area contributed by atoms with Crippen molar-refractivity contribution in [2.45, 2.75) is 40.3 Å². The maximum Gasteiger partial charge on any atom is 0.0532 e. The third kappa shape index (κ3) is 2.95. The molecule has 2 aromatic rings. The molecule has 0 bridgehead atoms. The van der Waals surface area contributed by atoms with Gasteiger partial charge in [-0.05, 0) is 44.5 Å². The van der Waals surface area contributed by atoms with Crippen molar-refractivity contribution in [2.75, 3.05) is 4.90 Å². The average molecular weight is 277 g/mol. The summed E-state index contributed by atoms with van der Waals surface area (Å²) < 4.78 is 0. The summed E-state index contributed by atoms with van der Waals surface area (Å²) in [5.74, 6) is 6.65. The molecule has 0 aliphatic carbocycles. The van der Waals surface area contributed by atoms with Gasteiger partial charge in [-0.3, -0.25) is 0 Å². The summed E-state index contributed by atoms with van der Waals surface area (Å²) in [4.78, 5) is 2.44. The van der Waals surface area contributed by atoms with Crippen LogP contribution in [0.15, 0.2) is 48.5 Å². The number of para-hydroxylation sites is 1. The van der Waals surface area contributed by atoms with Gasteiger partial charge < -0.3 is 4.90 Å². The summed E-state index contributed by atoms with van der Waals surface area (Å²) in [5.41, 5.74) is 4.82. The van der Waals surface area contributed by atoms with Crippen LogP contribution in [0.5, 0.6) is 0 Å². The largest absolute Gasteiger partial charge is 0.361 e. The first-order valence-corrected chi connectivity index (χ1v) is 7.02. The van der Waals surface area contributed by atoms with Crippen LogP contribution in [0.1, 0.15) is 44.9 Å². The predicted molar refractivity (Wildman–Crippen MR) is 91.5 cm³/mol. The van der Waals surface area contributed by atoms with Crippen LogP contribution in [-0.4, -0.2) is 5.54 Å². The molecule has 1 nitrogen and oxygen atoms in total. The Labute approximate surface area is 128 Å². The standard InChI is InChI=1S/C19H19N.CH4/c1-19(2,3)20-14-17-10-5-4-8-15(17)12-13-16-9-6-7-11-18(16)20;/h4-11H,14H2,1-3H3;1H4. The minimum Gasteiger partial charge on any atom is -0.361 e. The molecule has 0 spiro atoms. The van der Waals surface area contributed by atoms with Gasteiger partial charge in [-0.1, -0.05) is 49.6 Å². The van der Waals surface area contributed by atoms with E-state index in [1.807, 2.05) is 0 Å². The monoisotopic (exact) mass is 277 g/mol. The van der Waals surface area contributed by atoms with Crippen LogP contribution >= 0.6 is 0 Å². The lowest BCUT2D eigenvalue weighted by Crippen LogP contribution is -2.41. The second-order valence-corrected chi connectivity index (χ2v) is 6.18. The number of hydrogen-bond acceptors (Lipinski definition) is 1. The Kier molecular flexibility index (Phi) is 4.09. The first-order valence-electron chi connectivity index (χ1n) is 7.02. The zero-order valence-electron chi connectivity index (χ0n) is 12.3. The van der Waals surface area contributed by atoms with Crippen molar-refractivity contribution in [1.82, 2.24) is 0 Å². The molecule has 21 heavy (non-hydrogen) atoms. The molecule has 0 N–H and O–H groups in total. The van der Waals surface area contributed by atoms with Crippen LogP contribution in [0.3, 0.4) is 0 Å². The minimum absolute atomic E-state index is 0. The summed E-state index contributed by atoms with van der Waals surface area (Å²) in [7, 11) is 0. The lowest BCUT2D eigenvalue weighted by molar-refractivity contribution is 0.500. The van der Waals surface area contributed by atoms with Gasteiger partial charge >= 0.3 is 0 Å². The Morgan fingerprint density at radius 1 is 0.857 bits per heavy atom. The zero-order valence-corrected chi connectivity index (χ0v) is 12.3. The first-order chi connectivity index (χ1) is 9.55. The van der Waals surface area contributed by atoms with Crippen molar-refractivity contribution in [2.24, 2.45) is 0 Å². The van der Waals surface area contributed by atoms with Gasteiger partial charge in [0.15, 0.2) is 0 Å². The highest BCUT2D eigenvalue weighted by Crippen LogP contribution is 2.30. The smallest absolute Gasteiger partial charge is 0.0532 e. The summed E-state index contributed by atoms with van der Waals surface area (Å²) >= 11 is 0. The van der Waals surface area contributed by atoms with Gasteiger partial charge in [0, 0.05) is 23.2 Å². The van der Waals surface area contributed by atoms with Crippen molar-refractivity contribution < 1.29 is 0 Å². The number of hydrogen-bond donors (Lipinski definition) is 0. The molecule has 108 valence electrons. The van der Waals surface area contributed by atoms with E-state index >= 15 is 0 Å². The van der Waals surface area contributed by atoms with Crippen LogP contribution in [0.2, 0.25) is 0 Å². The molecule has 0 aromatic heterocycles. The van der Waals surface area contributed by atoms with Crippen molar-refractivity contribution in [3.63, 3.8) is 0 Å². The van der Waals surface area contributed by atoms with E-state index in [0.29, 0.717) is 0 Å². The molecule has 2 aromatic carbocycles. The Morgan fingerprint density at radius 2 is 1.43 bits per heavy atom. The average Bonchev–Trinajstić information content (AvgIpc) is 2.40. The van der Waals surface area contributed by atoms with Crippen LogP contribution in [0.25, 0.3) is 0 Å². The van der Waals surface area contributed by atoms with Crippen molar-refractivity contribution in [3.05, 3.63) is 65.2 Å². The molecule has 1 heterocycles. The zero-order chi connectivity index (χ0) is 14.2. The highest BCUT2D eigenvalue weighted by Gasteiger charge is 2.25. The van der Waals surface area contributed by atoms with E-state index in [1.165, 1.54) is 11.3 Å². The molecule has 1 aliphatic heterocycles. The highest BCUT2D eigenvalue weighted by atomic mass is 15.2. The summed E-state index contributed by atoms with van der Waals surface area (Å²) in [6.45, 7) is 7.65. The molecule has 3 rings (SSSR count). The molecule has 0 radical (unpaired) electrons. The van der Waals surface area contributed by atoms with Crippen molar-refractivity contribution in [3.8, 4) is 11.8 Å². The highest BCUT2D eigenvalue weighted by molar-refractivity contribution is 5.65. The van der Waals surface area contributed by atoms with Gasteiger partial charge in [0.1, 0.15) is 0 Å². The molecule has 1 heteroatoms. The van der Waals surface area contributed by atoms with E-state index in [1.54, 1.807) is 0 Å². The molecular formula is C20H23N. The lowest BCUT2D eigenvalue weighted by Gasteiger charge is -2.39. The van der Waals surface area contributed by atoms with E-state index < -0.39 is 0 Å². The normalized spacial score (nSPS) is 12.8. The molecule has 0 atom stereocenters. The van der Waals surface area contributed by atoms with Crippen molar-refractivity contribution in [1.29, 1.82) is 0 Å². The number of nitrogens with zero attached hydrogens (tertiary/aromatic N) is 1. The number of rotatable bonds is 0. The molecule has 0 amide bonds. The topological polar surface area (TPSA) is 3.24 Å². The van der Waals surface area contributed by atoms with Gasteiger partial charge in [0.05, 0.1) is 5.69 Å². The summed E-state index contributed by atoms with van der Waals surface area (Å²) in [6.07, 6.45) is 0. The Balaban J connectivity index is 0.00000161. The van der Waals surface area contributed by atoms with Gasteiger partial charge in [0.25, 0.3) is 0 Å². The van der Waals surface area contributed by atoms with Crippen LogP contribution in [0, 0.1) is 11.8 Å². The van der Waals surface area contributed by atoms with E-state index in [4.69, 9.17) is 0 Å². The number of anilines is 1. The summed E-state index contributed by atoms with van der Waals surface area (Å²) in [6, 6.07) is 16.9. The van der Waals surface area contributed by atoms with Crippen LogP contribution in [-0.2, 0) is 6.54 Å². The number of benzene rings is 2. The Bertz CT molecular complexity index is 696. The van der Waals surface area contributed by atoms with Crippen molar-refractivity contribution >= 4 is 5.69 Å². The first kappa shape index (κ1) is 15.2. The van der Waals surface area contributed by atoms with Gasteiger partial charge in [-0.25, -0.2) is 0 Å². The maximum atomic E-state index is 3.33. The summed E-state index contributed by atoms with van der Waals surface area (Å²) in [5, 5.41) is 0. The second-order valence-electron chi connectivity index (χ2n) is 6.18. The molecule has 1 aliphatic rings. The maximum absolute atomic E-state index is 3.33. The third-order valence-electron chi connectivity index (χ3n) is 3.68. The molecule has 0 saturated heterocycles. The lowest BCUT2D eigenvalue weighted by atomic mass is 9.97.